The molecular weight excluding hydrogens is 274 g/mol. The number of ether oxygens (including phenoxy) is 1. The van der Waals surface area contributed by atoms with Gasteiger partial charge in [-0.05, 0) is 37.1 Å². The van der Waals surface area contributed by atoms with E-state index in [2.05, 4.69) is 10.8 Å². The van der Waals surface area contributed by atoms with Gasteiger partial charge in [-0.15, -0.1) is 0 Å². The second kappa shape index (κ2) is 6.68. The standard InChI is InChI=1S/C17H18F2O2/c1-11-7-12(2)9-13(8-11)10-16(20)14-3-5-15(6-4-14)21-17(18)19/h3-9,16-17,20H,10H2,1-2H3. The molecule has 0 aromatic heterocycles. The van der Waals surface area contributed by atoms with Crippen LogP contribution in [0.2, 0.25) is 0 Å². The van der Waals surface area contributed by atoms with Gasteiger partial charge in [-0.2, -0.15) is 8.78 Å². The minimum atomic E-state index is -2.84. The summed E-state index contributed by atoms with van der Waals surface area (Å²) in [7, 11) is 0. The molecule has 21 heavy (non-hydrogen) atoms. The van der Waals surface area contributed by atoms with E-state index in [4.69, 9.17) is 0 Å². The molecule has 1 atom stereocenters. The first-order chi connectivity index (χ1) is 9.94. The Morgan fingerprint density at radius 1 is 1.00 bits per heavy atom. The van der Waals surface area contributed by atoms with E-state index in [-0.39, 0.29) is 5.75 Å². The third-order valence-electron chi connectivity index (χ3n) is 3.20. The maximum Gasteiger partial charge on any atom is 0.387 e. The van der Waals surface area contributed by atoms with Crippen LogP contribution in [0.15, 0.2) is 42.5 Å². The van der Waals surface area contributed by atoms with E-state index in [1.165, 1.54) is 12.1 Å². The molecule has 0 bridgehead atoms. The SMILES string of the molecule is Cc1cc(C)cc(CC(O)c2ccc(OC(F)F)cc2)c1. The summed E-state index contributed by atoms with van der Waals surface area (Å²) >= 11 is 0. The van der Waals surface area contributed by atoms with Crippen LogP contribution in [0.1, 0.15) is 28.4 Å². The van der Waals surface area contributed by atoms with Crippen molar-refractivity contribution in [3.05, 3.63) is 64.7 Å². The second-order valence-electron chi connectivity index (χ2n) is 5.16. The van der Waals surface area contributed by atoms with Crippen molar-refractivity contribution in [1.82, 2.24) is 0 Å². The molecule has 0 saturated carbocycles. The van der Waals surface area contributed by atoms with Crippen molar-refractivity contribution in [2.75, 3.05) is 0 Å². The summed E-state index contributed by atoms with van der Waals surface area (Å²) in [6.45, 7) is 1.19. The molecule has 4 heteroatoms. The molecule has 1 N–H and O–H groups in total. The molecule has 0 aliphatic heterocycles. The van der Waals surface area contributed by atoms with Crippen LogP contribution in [-0.2, 0) is 6.42 Å². The molecule has 2 rings (SSSR count). The topological polar surface area (TPSA) is 29.5 Å². The molecule has 0 spiro atoms. The van der Waals surface area contributed by atoms with Crippen molar-refractivity contribution in [2.24, 2.45) is 0 Å². The van der Waals surface area contributed by atoms with Gasteiger partial charge in [-0.3, -0.25) is 0 Å². The largest absolute Gasteiger partial charge is 0.435 e. The maximum absolute atomic E-state index is 12.1. The zero-order valence-electron chi connectivity index (χ0n) is 12.0. The van der Waals surface area contributed by atoms with Gasteiger partial charge in [0.15, 0.2) is 0 Å². The fourth-order valence-electron chi connectivity index (χ4n) is 2.40. The predicted molar refractivity (Wildman–Crippen MR) is 77.7 cm³/mol. The van der Waals surface area contributed by atoms with Crippen LogP contribution in [0.4, 0.5) is 8.78 Å². The second-order valence-corrected chi connectivity index (χ2v) is 5.16. The summed E-state index contributed by atoms with van der Waals surface area (Å²) < 4.78 is 28.4. The highest BCUT2D eigenvalue weighted by atomic mass is 19.3. The molecule has 0 aliphatic carbocycles. The van der Waals surface area contributed by atoms with E-state index in [1.807, 2.05) is 26.0 Å². The highest BCUT2D eigenvalue weighted by Gasteiger charge is 2.10. The van der Waals surface area contributed by atoms with Gasteiger partial charge in [0.25, 0.3) is 0 Å². The number of benzene rings is 2. The van der Waals surface area contributed by atoms with Crippen molar-refractivity contribution >= 4 is 0 Å². The van der Waals surface area contributed by atoms with Gasteiger partial charge in [0.2, 0.25) is 0 Å². The number of halogens is 2. The number of rotatable bonds is 5. The minimum absolute atomic E-state index is 0.0901. The Morgan fingerprint density at radius 3 is 2.10 bits per heavy atom. The van der Waals surface area contributed by atoms with Gasteiger partial charge in [0, 0.05) is 6.42 Å². The number of aryl methyl sites for hydroxylation is 2. The lowest BCUT2D eigenvalue weighted by Crippen LogP contribution is -2.04. The van der Waals surface area contributed by atoms with E-state index in [9.17, 15) is 13.9 Å². The van der Waals surface area contributed by atoms with Gasteiger partial charge >= 0.3 is 6.61 Å². The van der Waals surface area contributed by atoms with Crippen LogP contribution >= 0.6 is 0 Å². The van der Waals surface area contributed by atoms with Crippen molar-refractivity contribution in [3.8, 4) is 5.75 Å². The lowest BCUT2D eigenvalue weighted by atomic mass is 9.98. The fourth-order valence-corrected chi connectivity index (χ4v) is 2.40. The maximum atomic E-state index is 12.1. The number of hydrogen-bond acceptors (Lipinski definition) is 2. The molecule has 0 saturated heterocycles. The van der Waals surface area contributed by atoms with Crippen LogP contribution in [0, 0.1) is 13.8 Å². The number of aliphatic hydroxyl groups excluding tert-OH is 1. The summed E-state index contributed by atoms with van der Waals surface area (Å²) in [6.07, 6.45) is -0.191. The van der Waals surface area contributed by atoms with Gasteiger partial charge in [0.1, 0.15) is 5.75 Å². The van der Waals surface area contributed by atoms with Gasteiger partial charge in [-0.25, -0.2) is 0 Å². The quantitative estimate of drug-likeness (QED) is 0.895. The van der Waals surface area contributed by atoms with E-state index in [1.54, 1.807) is 12.1 Å². The Bertz CT molecular complexity index is 574. The number of alkyl halides is 2. The Balaban J connectivity index is 2.07. The molecule has 1 unspecified atom stereocenters. The van der Waals surface area contributed by atoms with Crippen LogP contribution in [0.5, 0.6) is 5.75 Å². The van der Waals surface area contributed by atoms with Gasteiger partial charge in [-0.1, -0.05) is 41.5 Å². The molecule has 0 amide bonds. The van der Waals surface area contributed by atoms with E-state index < -0.39 is 12.7 Å². The third kappa shape index (κ3) is 4.53. The van der Waals surface area contributed by atoms with E-state index in [0.29, 0.717) is 12.0 Å². The first-order valence-corrected chi connectivity index (χ1v) is 6.74. The summed E-state index contributed by atoms with van der Waals surface area (Å²) in [4.78, 5) is 0. The normalized spacial score (nSPS) is 12.5. The lowest BCUT2D eigenvalue weighted by Gasteiger charge is -2.13. The molecule has 0 radical (unpaired) electrons. The summed E-state index contributed by atoms with van der Waals surface area (Å²) in [5.41, 5.74) is 4.03. The zero-order valence-corrected chi connectivity index (χ0v) is 12.0. The summed E-state index contributed by atoms with van der Waals surface area (Å²) in [5.74, 6) is 0.0901. The molecule has 0 fully saturated rings. The Kier molecular flexibility index (Phi) is 4.91. The Labute approximate surface area is 123 Å². The number of hydrogen-bond donors (Lipinski definition) is 1. The van der Waals surface area contributed by atoms with Crippen molar-refractivity contribution in [2.45, 2.75) is 33.0 Å². The fraction of sp³-hybridized carbons (Fsp3) is 0.294. The molecule has 112 valence electrons. The number of aliphatic hydroxyl groups is 1. The smallest absolute Gasteiger partial charge is 0.387 e. The minimum Gasteiger partial charge on any atom is -0.435 e. The van der Waals surface area contributed by atoms with Crippen LogP contribution in [0.3, 0.4) is 0 Å². The molecule has 2 nitrogen and oxygen atoms in total. The first kappa shape index (κ1) is 15.4. The summed E-state index contributed by atoms with van der Waals surface area (Å²) in [6, 6.07) is 12.2. The Morgan fingerprint density at radius 2 is 1.57 bits per heavy atom. The van der Waals surface area contributed by atoms with E-state index in [0.717, 1.165) is 16.7 Å². The molecule has 0 heterocycles. The third-order valence-corrected chi connectivity index (χ3v) is 3.20. The molecular formula is C17H18F2O2. The summed E-state index contributed by atoms with van der Waals surface area (Å²) in [5, 5.41) is 10.2. The Hall–Kier alpha value is -1.94. The van der Waals surface area contributed by atoms with Crippen molar-refractivity contribution in [1.29, 1.82) is 0 Å². The monoisotopic (exact) mass is 292 g/mol. The molecule has 2 aromatic carbocycles. The zero-order chi connectivity index (χ0) is 15.4. The molecule has 2 aromatic rings. The van der Waals surface area contributed by atoms with Crippen LogP contribution in [0.25, 0.3) is 0 Å². The predicted octanol–water partition coefficient (Wildman–Crippen LogP) is 4.18. The first-order valence-electron chi connectivity index (χ1n) is 6.74. The van der Waals surface area contributed by atoms with E-state index >= 15 is 0 Å². The highest BCUT2D eigenvalue weighted by molar-refractivity contribution is 5.32. The van der Waals surface area contributed by atoms with Crippen molar-refractivity contribution < 1.29 is 18.6 Å². The average Bonchev–Trinajstić information content (AvgIpc) is 2.37. The van der Waals surface area contributed by atoms with Crippen molar-refractivity contribution in [3.63, 3.8) is 0 Å². The van der Waals surface area contributed by atoms with Crippen LogP contribution < -0.4 is 4.74 Å². The van der Waals surface area contributed by atoms with Crippen LogP contribution in [-0.4, -0.2) is 11.7 Å². The lowest BCUT2D eigenvalue weighted by molar-refractivity contribution is -0.0498. The van der Waals surface area contributed by atoms with Gasteiger partial charge in [0.05, 0.1) is 6.10 Å². The van der Waals surface area contributed by atoms with Gasteiger partial charge < -0.3 is 9.84 Å². The average molecular weight is 292 g/mol. The highest BCUT2D eigenvalue weighted by Crippen LogP contribution is 2.23. The molecule has 0 aliphatic rings.